The molecule has 1 aliphatic rings. The van der Waals surface area contributed by atoms with Gasteiger partial charge in [0.05, 0.1) is 5.75 Å². The first-order valence-electron chi connectivity index (χ1n) is 9.81. The van der Waals surface area contributed by atoms with Crippen molar-refractivity contribution < 1.29 is 9.21 Å². The molecule has 0 unspecified atom stereocenters. The minimum atomic E-state index is -0.0651. The summed E-state index contributed by atoms with van der Waals surface area (Å²) >= 11 is 7.47. The maximum absolute atomic E-state index is 12.8. The zero-order chi connectivity index (χ0) is 21.1. The van der Waals surface area contributed by atoms with E-state index in [1.807, 2.05) is 55.1 Å². The summed E-state index contributed by atoms with van der Waals surface area (Å²) in [7, 11) is 0. The Morgan fingerprint density at radius 1 is 1.03 bits per heavy atom. The van der Waals surface area contributed by atoms with E-state index in [1.165, 1.54) is 11.8 Å². The Hall–Kier alpha value is -2.51. The van der Waals surface area contributed by atoms with Crippen LogP contribution in [0.25, 0.3) is 0 Å². The van der Waals surface area contributed by atoms with Crippen LogP contribution in [0.1, 0.15) is 27.7 Å². The van der Waals surface area contributed by atoms with Crippen molar-refractivity contribution in [1.82, 2.24) is 14.9 Å². The van der Waals surface area contributed by atoms with Gasteiger partial charge in [0, 0.05) is 48.3 Å². The molecule has 1 fully saturated rings. The number of furan rings is 1. The molecule has 2 aromatic heterocycles. The molecule has 0 aliphatic carbocycles. The van der Waals surface area contributed by atoms with Crippen LogP contribution in [-0.2, 0) is 5.75 Å². The number of carbonyl (C=O) groups is 1. The molecule has 1 saturated heterocycles. The van der Waals surface area contributed by atoms with Crippen molar-refractivity contribution in [3.8, 4) is 0 Å². The number of benzene rings is 1. The first-order valence-corrected chi connectivity index (χ1v) is 11.2. The molecular formula is C22H23ClN4O2S. The van der Waals surface area contributed by atoms with Gasteiger partial charge in [-0.3, -0.25) is 4.79 Å². The Bertz CT molecular complexity index is 1010. The topological polar surface area (TPSA) is 62.5 Å². The molecule has 30 heavy (non-hydrogen) atoms. The molecule has 0 saturated carbocycles. The molecular weight excluding hydrogens is 420 g/mol. The zero-order valence-corrected chi connectivity index (χ0v) is 18.5. The highest BCUT2D eigenvalue weighted by Crippen LogP contribution is 2.23. The highest BCUT2D eigenvalue weighted by molar-refractivity contribution is 7.98. The maximum atomic E-state index is 12.8. The van der Waals surface area contributed by atoms with Crippen LogP contribution in [0.2, 0.25) is 5.02 Å². The number of nitrogens with zero attached hydrogens (tertiary/aromatic N) is 4. The lowest BCUT2D eigenvalue weighted by Gasteiger charge is -2.35. The highest BCUT2D eigenvalue weighted by atomic mass is 35.5. The number of hydrogen-bond acceptors (Lipinski definition) is 6. The first-order chi connectivity index (χ1) is 14.5. The monoisotopic (exact) mass is 442 g/mol. The van der Waals surface area contributed by atoms with E-state index in [4.69, 9.17) is 16.0 Å². The molecule has 3 aromatic rings. The van der Waals surface area contributed by atoms with E-state index in [-0.39, 0.29) is 5.91 Å². The van der Waals surface area contributed by atoms with E-state index in [9.17, 15) is 4.79 Å². The fourth-order valence-corrected chi connectivity index (χ4v) is 4.41. The molecule has 1 aromatic carbocycles. The Morgan fingerprint density at radius 2 is 1.70 bits per heavy atom. The zero-order valence-electron chi connectivity index (χ0n) is 17.0. The fraction of sp³-hybridized carbons (Fsp3) is 0.318. The molecule has 0 N–H and O–H groups in total. The molecule has 0 radical (unpaired) electrons. The van der Waals surface area contributed by atoms with Gasteiger partial charge >= 0.3 is 0 Å². The molecule has 0 atom stereocenters. The third-order valence-electron chi connectivity index (χ3n) is 4.94. The molecule has 8 heteroatoms. The van der Waals surface area contributed by atoms with Gasteiger partial charge in [0.25, 0.3) is 5.91 Å². The number of aromatic nitrogens is 2. The third-order valence-corrected chi connectivity index (χ3v) is 6.06. The van der Waals surface area contributed by atoms with Crippen LogP contribution in [0, 0.1) is 13.8 Å². The van der Waals surface area contributed by atoms with Crippen molar-refractivity contribution in [2.75, 3.05) is 31.1 Å². The van der Waals surface area contributed by atoms with E-state index in [1.54, 1.807) is 6.07 Å². The van der Waals surface area contributed by atoms with Crippen molar-refractivity contribution >= 4 is 35.0 Å². The van der Waals surface area contributed by atoms with Crippen LogP contribution in [0.15, 0.2) is 52.0 Å². The lowest BCUT2D eigenvalue weighted by Crippen LogP contribution is -2.48. The summed E-state index contributed by atoms with van der Waals surface area (Å²) in [4.78, 5) is 25.8. The fourth-order valence-electron chi connectivity index (χ4n) is 3.44. The Morgan fingerprint density at radius 3 is 2.37 bits per heavy atom. The SMILES string of the molecule is Cc1cc(C)nc(SCc2ccc(C(=O)N3CCN(c4ccc(Cl)cc4)CC3)o2)n1. The van der Waals surface area contributed by atoms with E-state index in [2.05, 4.69) is 14.9 Å². The van der Waals surface area contributed by atoms with Crippen molar-refractivity contribution in [3.05, 3.63) is 70.4 Å². The molecule has 0 bridgehead atoms. The van der Waals surface area contributed by atoms with Crippen LogP contribution in [-0.4, -0.2) is 47.0 Å². The minimum absolute atomic E-state index is 0.0651. The van der Waals surface area contributed by atoms with Gasteiger partial charge in [0.15, 0.2) is 10.9 Å². The summed E-state index contributed by atoms with van der Waals surface area (Å²) in [5, 5.41) is 1.44. The maximum Gasteiger partial charge on any atom is 0.289 e. The van der Waals surface area contributed by atoms with Gasteiger partial charge in [-0.05, 0) is 56.3 Å². The van der Waals surface area contributed by atoms with E-state index in [0.717, 1.165) is 46.1 Å². The quantitative estimate of drug-likeness (QED) is 0.425. The average molecular weight is 443 g/mol. The molecule has 1 aliphatic heterocycles. The Kier molecular flexibility index (Phi) is 6.29. The number of piperazine rings is 1. The van der Waals surface area contributed by atoms with Crippen molar-refractivity contribution in [2.24, 2.45) is 0 Å². The molecule has 1 amide bonds. The van der Waals surface area contributed by atoms with E-state index in [0.29, 0.717) is 24.6 Å². The number of anilines is 1. The van der Waals surface area contributed by atoms with Crippen molar-refractivity contribution in [1.29, 1.82) is 0 Å². The number of carbonyl (C=O) groups excluding carboxylic acids is 1. The van der Waals surface area contributed by atoms with Gasteiger partial charge in [0.1, 0.15) is 5.76 Å². The predicted molar refractivity (Wildman–Crippen MR) is 119 cm³/mol. The first kappa shape index (κ1) is 20.8. The van der Waals surface area contributed by atoms with Crippen LogP contribution >= 0.6 is 23.4 Å². The summed E-state index contributed by atoms with van der Waals surface area (Å²) < 4.78 is 5.81. The standard InChI is InChI=1S/C22H23ClN4O2S/c1-15-13-16(2)25-22(24-15)30-14-19-7-8-20(29-19)21(28)27-11-9-26(10-12-27)18-5-3-17(23)4-6-18/h3-8,13H,9-12,14H2,1-2H3. The van der Waals surface area contributed by atoms with Crippen molar-refractivity contribution in [3.63, 3.8) is 0 Å². The Balaban J connectivity index is 1.32. The van der Waals surface area contributed by atoms with Gasteiger partial charge in [-0.1, -0.05) is 23.4 Å². The second-order valence-corrected chi connectivity index (χ2v) is 8.62. The lowest BCUT2D eigenvalue weighted by atomic mass is 10.2. The van der Waals surface area contributed by atoms with Gasteiger partial charge in [-0.25, -0.2) is 9.97 Å². The molecule has 156 valence electrons. The molecule has 0 spiro atoms. The number of thioether (sulfide) groups is 1. The van der Waals surface area contributed by atoms with Crippen molar-refractivity contribution in [2.45, 2.75) is 24.8 Å². The van der Waals surface area contributed by atoms with E-state index >= 15 is 0 Å². The highest BCUT2D eigenvalue weighted by Gasteiger charge is 2.24. The summed E-state index contributed by atoms with van der Waals surface area (Å²) in [6.07, 6.45) is 0. The van der Waals surface area contributed by atoms with Gasteiger partial charge < -0.3 is 14.2 Å². The minimum Gasteiger partial charge on any atom is -0.455 e. The van der Waals surface area contributed by atoms with Gasteiger partial charge in [-0.15, -0.1) is 0 Å². The normalized spacial score (nSPS) is 14.2. The average Bonchev–Trinajstić information content (AvgIpc) is 3.21. The van der Waals surface area contributed by atoms with Crippen LogP contribution in [0.3, 0.4) is 0 Å². The van der Waals surface area contributed by atoms with Crippen LogP contribution < -0.4 is 4.90 Å². The number of rotatable bonds is 5. The molecule has 3 heterocycles. The second-order valence-electron chi connectivity index (χ2n) is 7.24. The van der Waals surface area contributed by atoms with E-state index < -0.39 is 0 Å². The van der Waals surface area contributed by atoms with Crippen LogP contribution in [0.4, 0.5) is 5.69 Å². The molecule has 4 rings (SSSR count). The molecule has 6 nitrogen and oxygen atoms in total. The largest absolute Gasteiger partial charge is 0.455 e. The summed E-state index contributed by atoms with van der Waals surface area (Å²) in [6, 6.07) is 13.4. The third kappa shape index (κ3) is 4.96. The van der Waals surface area contributed by atoms with Gasteiger partial charge in [0.2, 0.25) is 0 Å². The number of hydrogen-bond donors (Lipinski definition) is 0. The lowest BCUT2D eigenvalue weighted by molar-refractivity contribution is 0.0713. The number of amides is 1. The predicted octanol–water partition coefficient (Wildman–Crippen LogP) is 4.59. The number of halogens is 1. The van der Waals surface area contributed by atoms with Crippen LogP contribution in [0.5, 0.6) is 0 Å². The number of aryl methyl sites for hydroxylation is 2. The summed E-state index contributed by atoms with van der Waals surface area (Å²) in [5.74, 6) is 1.64. The summed E-state index contributed by atoms with van der Waals surface area (Å²) in [6.45, 7) is 6.77. The smallest absolute Gasteiger partial charge is 0.289 e. The Labute approximate surface area is 185 Å². The summed E-state index contributed by atoms with van der Waals surface area (Å²) in [5.41, 5.74) is 3.01. The van der Waals surface area contributed by atoms with Gasteiger partial charge in [-0.2, -0.15) is 0 Å². The second kappa shape index (κ2) is 9.10.